The molecule has 0 saturated carbocycles. The van der Waals surface area contributed by atoms with E-state index in [-0.39, 0.29) is 5.41 Å². The number of aromatic nitrogens is 2. The molecular formula is C16H20ClN3. The molecule has 1 aromatic carbocycles. The molecule has 0 bridgehead atoms. The van der Waals surface area contributed by atoms with E-state index in [1.807, 2.05) is 30.3 Å². The van der Waals surface area contributed by atoms with Gasteiger partial charge in [0.05, 0.1) is 5.69 Å². The van der Waals surface area contributed by atoms with Gasteiger partial charge in [0, 0.05) is 28.6 Å². The Kier molecular flexibility index (Phi) is 4.29. The van der Waals surface area contributed by atoms with E-state index in [1.54, 1.807) is 0 Å². The van der Waals surface area contributed by atoms with Crippen LogP contribution in [-0.2, 0) is 5.41 Å². The van der Waals surface area contributed by atoms with E-state index in [0.717, 1.165) is 29.4 Å². The number of rotatable bonds is 3. The van der Waals surface area contributed by atoms with Crippen molar-refractivity contribution in [3.63, 3.8) is 0 Å². The van der Waals surface area contributed by atoms with Crippen molar-refractivity contribution < 1.29 is 0 Å². The predicted molar refractivity (Wildman–Crippen MR) is 85.3 cm³/mol. The monoisotopic (exact) mass is 289 g/mol. The van der Waals surface area contributed by atoms with Gasteiger partial charge < -0.3 is 5.32 Å². The summed E-state index contributed by atoms with van der Waals surface area (Å²) in [6.07, 6.45) is 0. The highest BCUT2D eigenvalue weighted by Gasteiger charge is 2.18. The minimum absolute atomic E-state index is 0.0196. The summed E-state index contributed by atoms with van der Waals surface area (Å²) >= 11 is 5.93. The molecule has 3 nitrogen and oxygen atoms in total. The predicted octanol–water partition coefficient (Wildman–Crippen LogP) is 4.53. The normalized spacial score (nSPS) is 11.4. The van der Waals surface area contributed by atoms with Gasteiger partial charge in [-0.1, -0.05) is 32.4 Å². The molecule has 0 spiro atoms. The molecule has 1 aromatic heterocycles. The zero-order valence-corrected chi connectivity index (χ0v) is 13.1. The quantitative estimate of drug-likeness (QED) is 0.902. The number of nitrogens with one attached hydrogen (secondary N) is 1. The molecule has 0 radical (unpaired) electrons. The Morgan fingerprint density at radius 1 is 1.10 bits per heavy atom. The summed E-state index contributed by atoms with van der Waals surface area (Å²) in [4.78, 5) is 9.26. The van der Waals surface area contributed by atoms with E-state index in [2.05, 4.69) is 38.0 Å². The third-order valence-corrected chi connectivity index (χ3v) is 3.21. The summed E-state index contributed by atoms with van der Waals surface area (Å²) in [6, 6.07) is 9.62. The van der Waals surface area contributed by atoms with E-state index >= 15 is 0 Å². The highest BCUT2D eigenvalue weighted by molar-refractivity contribution is 6.30. The maximum absolute atomic E-state index is 5.93. The van der Waals surface area contributed by atoms with Crippen molar-refractivity contribution in [2.24, 2.45) is 0 Å². The minimum atomic E-state index is -0.0196. The average Bonchev–Trinajstić information content (AvgIpc) is 2.38. The van der Waals surface area contributed by atoms with Crippen molar-refractivity contribution in [3.8, 4) is 11.4 Å². The summed E-state index contributed by atoms with van der Waals surface area (Å²) in [7, 11) is 0. The molecule has 2 rings (SSSR count). The van der Waals surface area contributed by atoms with Crippen LogP contribution in [0.15, 0.2) is 30.3 Å². The van der Waals surface area contributed by atoms with Crippen LogP contribution in [0.3, 0.4) is 0 Å². The molecule has 0 atom stereocenters. The Morgan fingerprint density at radius 2 is 1.75 bits per heavy atom. The van der Waals surface area contributed by atoms with Crippen LogP contribution in [0.25, 0.3) is 11.4 Å². The number of hydrogen-bond acceptors (Lipinski definition) is 3. The maximum Gasteiger partial charge on any atom is 0.161 e. The lowest BCUT2D eigenvalue weighted by Crippen LogP contribution is -2.16. The lowest BCUT2D eigenvalue weighted by molar-refractivity contribution is 0.568. The zero-order chi connectivity index (χ0) is 14.8. The molecule has 106 valence electrons. The van der Waals surface area contributed by atoms with Crippen LogP contribution in [0.2, 0.25) is 5.02 Å². The summed E-state index contributed by atoms with van der Waals surface area (Å²) < 4.78 is 0. The Balaban J connectivity index is 2.51. The second-order valence-electron chi connectivity index (χ2n) is 5.75. The van der Waals surface area contributed by atoms with Gasteiger partial charge in [-0.15, -0.1) is 0 Å². The van der Waals surface area contributed by atoms with Gasteiger partial charge in [-0.05, 0) is 31.2 Å². The van der Waals surface area contributed by atoms with Crippen molar-refractivity contribution in [1.29, 1.82) is 0 Å². The van der Waals surface area contributed by atoms with Crippen molar-refractivity contribution in [1.82, 2.24) is 9.97 Å². The summed E-state index contributed by atoms with van der Waals surface area (Å²) in [5, 5.41) is 3.98. The number of nitrogens with zero attached hydrogens (tertiary/aromatic N) is 2. The molecule has 1 N–H and O–H groups in total. The van der Waals surface area contributed by atoms with Gasteiger partial charge in [0.2, 0.25) is 0 Å². The van der Waals surface area contributed by atoms with Crippen LogP contribution in [0.4, 0.5) is 5.82 Å². The fourth-order valence-electron chi connectivity index (χ4n) is 1.83. The molecule has 0 aliphatic rings. The first kappa shape index (κ1) is 14.8. The van der Waals surface area contributed by atoms with E-state index < -0.39 is 0 Å². The second-order valence-corrected chi connectivity index (χ2v) is 6.19. The molecule has 1 heterocycles. The highest BCUT2D eigenvalue weighted by Crippen LogP contribution is 2.26. The standard InChI is InChI=1S/C16H20ClN3/c1-5-18-14-10-13(16(2,3)4)19-15(20-14)11-6-8-12(17)9-7-11/h6-10H,5H2,1-4H3,(H,18,19,20). The molecular weight excluding hydrogens is 270 g/mol. The van der Waals surface area contributed by atoms with Gasteiger partial charge in [-0.2, -0.15) is 0 Å². The molecule has 2 aromatic rings. The lowest BCUT2D eigenvalue weighted by atomic mass is 9.91. The van der Waals surface area contributed by atoms with Gasteiger partial charge in [-0.25, -0.2) is 9.97 Å². The average molecular weight is 290 g/mol. The summed E-state index contributed by atoms with van der Waals surface area (Å²) in [5.41, 5.74) is 1.97. The second kappa shape index (κ2) is 5.80. The van der Waals surface area contributed by atoms with E-state index in [9.17, 15) is 0 Å². The van der Waals surface area contributed by atoms with Crippen molar-refractivity contribution in [2.75, 3.05) is 11.9 Å². The number of anilines is 1. The maximum atomic E-state index is 5.93. The molecule has 0 fully saturated rings. The third kappa shape index (κ3) is 3.48. The van der Waals surface area contributed by atoms with Crippen LogP contribution in [0, 0.1) is 0 Å². The Morgan fingerprint density at radius 3 is 2.30 bits per heavy atom. The van der Waals surface area contributed by atoms with Gasteiger partial charge in [-0.3, -0.25) is 0 Å². The van der Waals surface area contributed by atoms with Gasteiger partial charge >= 0.3 is 0 Å². The topological polar surface area (TPSA) is 37.8 Å². The minimum Gasteiger partial charge on any atom is -0.370 e. The smallest absolute Gasteiger partial charge is 0.161 e. The van der Waals surface area contributed by atoms with Gasteiger partial charge in [0.25, 0.3) is 0 Å². The summed E-state index contributed by atoms with van der Waals surface area (Å²) in [5.74, 6) is 1.59. The molecule has 0 aliphatic heterocycles. The van der Waals surface area contributed by atoms with Gasteiger partial charge in [0.1, 0.15) is 5.82 Å². The molecule has 0 amide bonds. The zero-order valence-electron chi connectivity index (χ0n) is 12.4. The van der Waals surface area contributed by atoms with E-state index in [0.29, 0.717) is 5.02 Å². The van der Waals surface area contributed by atoms with Crippen LogP contribution in [0.5, 0.6) is 0 Å². The Labute approximate surface area is 125 Å². The largest absolute Gasteiger partial charge is 0.370 e. The lowest BCUT2D eigenvalue weighted by Gasteiger charge is -2.19. The molecule has 0 saturated heterocycles. The molecule has 0 unspecified atom stereocenters. The van der Waals surface area contributed by atoms with E-state index in [4.69, 9.17) is 16.6 Å². The number of hydrogen-bond donors (Lipinski definition) is 1. The van der Waals surface area contributed by atoms with Crippen LogP contribution in [-0.4, -0.2) is 16.5 Å². The van der Waals surface area contributed by atoms with Crippen molar-refractivity contribution in [2.45, 2.75) is 33.1 Å². The van der Waals surface area contributed by atoms with Gasteiger partial charge in [0.15, 0.2) is 5.82 Å². The number of halogens is 1. The number of benzene rings is 1. The molecule has 20 heavy (non-hydrogen) atoms. The summed E-state index contributed by atoms with van der Waals surface area (Å²) in [6.45, 7) is 9.34. The molecule has 4 heteroatoms. The first-order valence-corrected chi connectivity index (χ1v) is 7.17. The van der Waals surface area contributed by atoms with E-state index in [1.165, 1.54) is 0 Å². The SMILES string of the molecule is CCNc1cc(C(C)(C)C)nc(-c2ccc(Cl)cc2)n1. The van der Waals surface area contributed by atoms with Crippen molar-refractivity contribution in [3.05, 3.63) is 41.0 Å². The fraction of sp³-hybridized carbons (Fsp3) is 0.375. The van der Waals surface area contributed by atoms with Crippen molar-refractivity contribution >= 4 is 17.4 Å². The first-order valence-electron chi connectivity index (χ1n) is 6.79. The van der Waals surface area contributed by atoms with Crippen LogP contribution >= 0.6 is 11.6 Å². The Hall–Kier alpha value is -1.61. The first-order chi connectivity index (χ1) is 9.40. The molecule has 0 aliphatic carbocycles. The Bertz CT molecular complexity index is 586. The highest BCUT2D eigenvalue weighted by atomic mass is 35.5. The third-order valence-electron chi connectivity index (χ3n) is 2.95. The fourth-order valence-corrected chi connectivity index (χ4v) is 1.96. The van der Waals surface area contributed by atoms with Crippen LogP contribution in [0.1, 0.15) is 33.4 Å². The van der Waals surface area contributed by atoms with Crippen LogP contribution < -0.4 is 5.32 Å².